The second-order valence-electron chi connectivity index (χ2n) is 4.48. The number of rotatable bonds is 2. The molecule has 1 saturated heterocycles. The molecule has 1 aromatic rings. The summed E-state index contributed by atoms with van der Waals surface area (Å²) in [6, 6.07) is 1.98. The number of nitrogens with zero attached hydrogens (tertiary/aromatic N) is 3. The van der Waals surface area contributed by atoms with Crippen LogP contribution in [0.1, 0.15) is 26.6 Å². The maximum atomic E-state index is 5.73. The predicted octanol–water partition coefficient (Wildman–Crippen LogP) is 2.42. The molecule has 2 unspecified atom stereocenters. The highest BCUT2D eigenvalue weighted by atomic mass is 79.9. The van der Waals surface area contributed by atoms with E-state index < -0.39 is 0 Å². The van der Waals surface area contributed by atoms with Gasteiger partial charge in [0.2, 0.25) is 0 Å². The maximum Gasteiger partial charge on any atom is 0.133 e. The number of morpholine rings is 1. The van der Waals surface area contributed by atoms with E-state index in [1.807, 2.05) is 6.07 Å². The molecule has 1 fully saturated rings. The second kappa shape index (κ2) is 5.31. The standard InChI is InChI=1S/C12H18BrN3O/c1-4-11-14-10(13)5-12(15-11)16-6-8(2)17-9(3)7-16/h5,8-9H,4,6-7H2,1-3H3. The molecule has 0 spiro atoms. The number of hydrogen-bond acceptors (Lipinski definition) is 4. The normalized spacial score (nSPS) is 25.1. The van der Waals surface area contributed by atoms with E-state index >= 15 is 0 Å². The van der Waals surface area contributed by atoms with Crippen molar-refractivity contribution in [1.82, 2.24) is 9.97 Å². The highest BCUT2D eigenvalue weighted by molar-refractivity contribution is 9.10. The van der Waals surface area contributed by atoms with Gasteiger partial charge in [0.25, 0.3) is 0 Å². The van der Waals surface area contributed by atoms with Gasteiger partial charge in [0.15, 0.2) is 0 Å². The first-order valence-electron chi connectivity index (χ1n) is 6.02. The van der Waals surface area contributed by atoms with Crippen LogP contribution in [0.4, 0.5) is 5.82 Å². The van der Waals surface area contributed by atoms with Crippen molar-refractivity contribution < 1.29 is 4.74 Å². The third-order valence-electron chi connectivity index (χ3n) is 2.79. The molecule has 0 saturated carbocycles. The van der Waals surface area contributed by atoms with Crippen LogP contribution >= 0.6 is 15.9 Å². The van der Waals surface area contributed by atoms with Crippen LogP contribution in [0.5, 0.6) is 0 Å². The number of aryl methyl sites for hydroxylation is 1. The molecule has 1 aromatic heterocycles. The Morgan fingerprint density at radius 2 is 2.00 bits per heavy atom. The summed E-state index contributed by atoms with van der Waals surface area (Å²) in [7, 11) is 0. The maximum absolute atomic E-state index is 5.73. The largest absolute Gasteiger partial charge is 0.372 e. The Morgan fingerprint density at radius 3 is 2.59 bits per heavy atom. The summed E-state index contributed by atoms with van der Waals surface area (Å²) in [6.45, 7) is 8.03. The monoisotopic (exact) mass is 299 g/mol. The fourth-order valence-electron chi connectivity index (χ4n) is 2.14. The van der Waals surface area contributed by atoms with Gasteiger partial charge in [0, 0.05) is 25.6 Å². The van der Waals surface area contributed by atoms with Gasteiger partial charge in [-0.1, -0.05) is 6.92 Å². The van der Waals surface area contributed by atoms with Gasteiger partial charge in [-0.2, -0.15) is 0 Å². The lowest BCUT2D eigenvalue weighted by Crippen LogP contribution is -2.46. The lowest BCUT2D eigenvalue weighted by Gasteiger charge is -2.36. The molecular formula is C12H18BrN3O. The Hall–Kier alpha value is -0.680. The van der Waals surface area contributed by atoms with Gasteiger partial charge in [-0.25, -0.2) is 9.97 Å². The third kappa shape index (κ3) is 3.16. The summed E-state index contributed by atoms with van der Waals surface area (Å²) in [5.41, 5.74) is 0. The summed E-state index contributed by atoms with van der Waals surface area (Å²) in [5, 5.41) is 0. The van der Waals surface area contributed by atoms with Gasteiger partial charge < -0.3 is 9.64 Å². The minimum Gasteiger partial charge on any atom is -0.372 e. The average Bonchev–Trinajstić information content (AvgIpc) is 2.26. The zero-order valence-corrected chi connectivity index (χ0v) is 12.1. The van der Waals surface area contributed by atoms with E-state index in [4.69, 9.17) is 4.74 Å². The van der Waals surface area contributed by atoms with Gasteiger partial charge in [-0.3, -0.25) is 0 Å². The number of ether oxygens (including phenoxy) is 1. The molecule has 0 aliphatic carbocycles. The Kier molecular flexibility index (Phi) is 3.99. The first-order valence-corrected chi connectivity index (χ1v) is 6.81. The average molecular weight is 300 g/mol. The minimum absolute atomic E-state index is 0.248. The fraction of sp³-hybridized carbons (Fsp3) is 0.667. The summed E-state index contributed by atoms with van der Waals surface area (Å²) < 4.78 is 6.58. The summed E-state index contributed by atoms with van der Waals surface area (Å²) in [4.78, 5) is 11.2. The summed E-state index contributed by atoms with van der Waals surface area (Å²) in [6.07, 6.45) is 1.34. The number of hydrogen-bond donors (Lipinski definition) is 0. The molecule has 1 aliphatic rings. The van der Waals surface area contributed by atoms with Crippen LogP contribution in [0.15, 0.2) is 10.7 Å². The van der Waals surface area contributed by atoms with Crippen molar-refractivity contribution >= 4 is 21.7 Å². The molecule has 2 atom stereocenters. The van der Waals surface area contributed by atoms with Crippen LogP contribution in [0, 0.1) is 0 Å². The fourth-order valence-corrected chi connectivity index (χ4v) is 2.55. The van der Waals surface area contributed by atoms with Crippen molar-refractivity contribution in [3.63, 3.8) is 0 Å². The molecule has 0 amide bonds. The van der Waals surface area contributed by atoms with Crippen molar-refractivity contribution in [1.29, 1.82) is 0 Å². The Balaban J connectivity index is 2.23. The van der Waals surface area contributed by atoms with Gasteiger partial charge in [0.1, 0.15) is 16.2 Å². The van der Waals surface area contributed by atoms with Crippen LogP contribution in [0.2, 0.25) is 0 Å². The molecule has 0 N–H and O–H groups in total. The Morgan fingerprint density at radius 1 is 1.35 bits per heavy atom. The number of halogens is 1. The van der Waals surface area contributed by atoms with Crippen molar-refractivity contribution in [2.45, 2.75) is 39.4 Å². The van der Waals surface area contributed by atoms with E-state index in [1.165, 1.54) is 0 Å². The summed E-state index contributed by atoms with van der Waals surface area (Å²) in [5.74, 6) is 1.87. The quantitative estimate of drug-likeness (QED) is 0.786. The zero-order chi connectivity index (χ0) is 12.4. The molecule has 17 heavy (non-hydrogen) atoms. The van der Waals surface area contributed by atoms with Crippen LogP contribution in [-0.2, 0) is 11.2 Å². The van der Waals surface area contributed by atoms with E-state index in [1.54, 1.807) is 0 Å². The lowest BCUT2D eigenvalue weighted by atomic mass is 10.2. The van der Waals surface area contributed by atoms with Crippen molar-refractivity contribution in [2.75, 3.05) is 18.0 Å². The topological polar surface area (TPSA) is 38.2 Å². The molecule has 2 heterocycles. The first-order chi connectivity index (χ1) is 8.08. The van der Waals surface area contributed by atoms with E-state index in [0.29, 0.717) is 0 Å². The lowest BCUT2D eigenvalue weighted by molar-refractivity contribution is -0.00548. The van der Waals surface area contributed by atoms with Gasteiger partial charge in [-0.15, -0.1) is 0 Å². The third-order valence-corrected chi connectivity index (χ3v) is 3.19. The molecule has 0 bridgehead atoms. The van der Waals surface area contributed by atoms with Crippen LogP contribution in [0.3, 0.4) is 0 Å². The van der Waals surface area contributed by atoms with Crippen molar-refractivity contribution in [2.24, 2.45) is 0 Å². The predicted molar refractivity (Wildman–Crippen MR) is 71.3 cm³/mol. The minimum atomic E-state index is 0.248. The Bertz CT molecular complexity index is 389. The highest BCUT2D eigenvalue weighted by Gasteiger charge is 2.23. The van der Waals surface area contributed by atoms with Crippen molar-refractivity contribution in [3.8, 4) is 0 Å². The molecule has 0 aromatic carbocycles. The SMILES string of the molecule is CCc1nc(Br)cc(N2CC(C)OC(C)C2)n1. The molecule has 1 aliphatic heterocycles. The molecule has 2 rings (SSSR count). The smallest absolute Gasteiger partial charge is 0.133 e. The molecule has 0 radical (unpaired) electrons. The summed E-state index contributed by atoms with van der Waals surface area (Å²) >= 11 is 3.44. The molecule has 5 heteroatoms. The first kappa shape index (κ1) is 12.8. The van der Waals surface area contributed by atoms with Crippen LogP contribution < -0.4 is 4.90 Å². The molecule has 94 valence electrons. The Labute approximate surface area is 111 Å². The van der Waals surface area contributed by atoms with E-state index in [2.05, 4.69) is 51.6 Å². The number of anilines is 1. The van der Waals surface area contributed by atoms with E-state index in [0.717, 1.165) is 35.8 Å². The van der Waals surface area contributed by atoms with E-state index in [-0.39, 0.29) is 12.2 Å². The van der Waals surface area contributed by atoms with Gasteiger partial charge in [0.05, 0.1) is 12.2 Å². The van der Waals surface area contributed by atoms with Gasteiger partial charge >= 0.3 is 0 Å². The highest BCUT2D eigenvalue weighted by Crippen LogP contribution is 2.21. The second-order valence-corrected chi connectivity index (χ2v) is 5.29. The van der Waals surface area contributed by atoms with Crippen LogP contribution in [-0.4, -0.2) is 35.3 Å². The van der Waals surface area contributed by atoms with Gasteiger partial charge in [-0.05, 0) is 29.8 Å². The molecular weight excluding hydrogens is 282 g/mol. The molecule has 4 nitrogen and oxygen atoms in total. The van der Waals surface area contributed by atoms with Crippen molar-refractivity contribution in [3.05, 3.63) is 16.5 Å². The van der Waals surface area contributed by atoms with E-state index in [9.17, 15) is 0 Å². The van der Waals surface area contributed by atoms with Crippen LogP contribution in [0.25, 0.3) is 0 Å². The zero-order valence-electron chi connectivity index (χ0n) is 10.5. The number of aromatic nitrogens is 2.